The lowest BCUT2D eigenvalue weighted by Gasteiger charge is -2.37. The van der Waals surface area contributed by atoms with Gasteiger partial charge in [-0.2, -0.15) is 0 Å². The third-order valence-electron chi connectivity index (χ3n) is 3.95. The summed E-state index contributed by atoms with van der Waals surface area (Å²) in [6.45, 7) is 4.14. The maximum absolute atomic E-state index is 11.8. The molecule has 2 rings (SSSR count). The van der Waals surface area contributed by atoms with Gasteiger partial charge in [-0.15, -0.1) is 0 Å². The number of hydrogen-bond donors (Lipinski definition) is 1. The Labute approximate surface area is 114 Å². The van der Waals surface area contributed by atoms with Gasteiger partial charge in [0.2, 0.25) is 0 Å². The van der Waals surface area contributed by atoms with Crippen molar-refractivity contribution < 1.29 is 14.6 Å². The van der Waals surface area contributed by atoms with Crippen LogP contribution in [0.1, 0.15) is 25.3 Å². The van der Waals surface area contributed by atoms with Crippen LogP contribution in [0.2, 0.25) is 0 Å². The van der Waals surface area contributed by atoms with Gasteiger partial charge in [0.25, 0.3) is 0 Å². The molecule has 1 aliphatic rings. The summed E-state index contributed by atoms with van der Waals surface area (Å²) in [6, 6.07) is 7.53. The van der Waals surface area contributed by atoms with Crippen molar-refractivity contribution in [2.75, 3.05) is 26.7 Å². The first-order valence-electron chi connectivity index (χ1n) is 6.74. The van der Waals surface area contributed by atoms with Crippen molar-refractivity contribution in [2.45, 2.75) is 25.2 Å². The molecule has 0 saturated carbocycles. The second-order valence-corrected chi connectivity index (χ2v) is 5.15. The molecule has 0 unspecified atom stereocenters. The molecule has 0 spiro atoms. The van der Waals surface area contributed by atoms with Crippen LogP contribution in [0.3, 0.4) is 0 Å². The normalized spacial score (nSPS) is 19.1. The largest absolute Gasteiger partial charge is 0.494 e. The molecule has 4 heteroatoms. The number of likely N-dealkylation sites (tertiary alicyclic amines) is 1. The molecule has 1 aromatic carbocycles. The van der Waals surface area contributed by atoms with Crippen LogP contribution in [0.25, 0.3) is 0 Å². The van der Waals surface area contributed by atoms with Gasteiger partial charge in [-0.05, 0) is 57.6 Å². The highest BCUT2D eigenvalue weighted by Crippen LogP contribution is 2.37. The van der Waals surface area contributed by atoms with Gasteiger partial charge in [-0.25, -0.2) is 0 Å². The zero-order valence-electron chi connectivity index (χ0n) is 11.6. The van der Waals surface area contributed by atoms with E-state index < -0.39 is 11.4 Å². The van der Waals surface area contributed by atoms with Crippen molar-refractivity contribution in [3.05, 3.63) is 29.8 Å². The fourth-order valence-corrected chi connectivity index (χ4v) is 2.68. The van der Waals surface area contributed by atoms with Crippen LogP contribution in [-0.2, 0) is 10.2 Å². The number of piperidine rings is 1. The third kappa shape index (κ3) is 2.73. The van der Waals surface area contributed by atoms with E-state index in [4.69, 9.17) is 4.74 Å². The van der Waals surface area contributed by atoms with Crippen LogP contribution in [-0.4, -0.2) is 42.7 Å². The quantitative estimate of drug-likeness (QED) is 0.904. The van der Waals surface area contributed by atoms with Crippen molar-refractivity contribution in [1.29, 1.82) is 0 Å². The minimum Gasteiger partial charge on any atom is -0.494 e. The van der Waals surface area contributed by atoms with Gasteiger partial charge in [0.05, 0.1) is 12.0 Å². The zero-order valence-corrected chi connectivity index (χ0v) is 11.6. The predicted molar refractivity (Wildman–Crippen MR) is 73.7 cm³/mol. The van der Waals surface area contributed by atoms with E-state index in [-0.39, 0.29) is 0 Å². The summed E-state index contributed by atoms with van der Waals surface area (Å²) in [7, 11) is 2.03. The van der Waals surface area contributed by atoms with Crippen LogP contribution < -0.4 is 4.74 Å². The van der Waals surface area contributed by atoms with Gasteiger partial charge in [0, 0.05) is 0 Å². The first-order chi connectivity index (χ1) is 9.08. The molecule has 0 bridgehead atoms. The number of carboxylic acids is 1. The average Bonchev–Trinajstić information content (AvgIpc) is 2.40. The van der Waals surface area contributed by atoms with Crippen LogP contribution in [0.5, 0.6) is 5.75 Å². The van der Waals surface area contributed by atoms with Crippen molar-refractivity contribution in [3.63, 3.8) is 0 Å². The molecule has 0 radical (unpaired) electrons. The molecule has 1 aliphatic heterocycles. The summed E-state index contributed by atoms with van der Waals surface area (Å²) >= 11 is 0. The topological polar surface area (TPSA) is 49.8 Å². The van der Waals surface area contributed by atoms with E-state index in [1.807, 2.05) is 38.2 Å². The van der Waals surface area contributed by atoms with E-state index in [1.165, 1.54) is 0 Å². The van der Waals surface area contributed by atoms with Crippen LogP contribution >= 0.6 is 0 Å². The molecule has 0 aromatic heterocycles. The van der Waals surface area contributed by atoms with Crippen molar-refractivity contribution >= 4 is 5.97 Å². The maximum atomic E-state index is 11.8. The summed E-state index contributed by atoms with van der Waals surface area (Å²) < 4.78 is 5.48. The summed E-state index contributed by atoms with van der Waals surface area (Å²) in [5.74, 6) is 0.0220. The molecule has 1 aromatic rings. The Kier molecular flexibility index (Phi) is 4.10. The Hall–Kier alpha value is -1.55. The molecule has 1 N–H and O–H groups in total. The van der Waals surface area contributed by atoms with E-state index in [9.17, 15) is 9.90 Å². The van der Waals surface area contributed by atoms with E-state index in [0.717, 1.165) is 24.4 Å². The molecular weight excluding hydrogens is 242 g/mol. The number of rotatable bonds is 4. The number of ether oxygens (including phenoxy) is 1. The number of hydrogen-bond acceptors (Lipinski definition) is 3. The van der Waals surface area contributed by atoms with Gasteiger partial charge in [-0.1, -0.05) is 12.1 Å². The minimum absolute atomic E-state index is 0.590. The smallest absolute Gasteiger partial charge is 0.314 e. The fourth-order valence-electron chi connectivity index (χ4n) is 2.68. The van der Waals surface area contributed by atoms with Gasteiger partial charge in [0.15, 0.2) is 0 Å². The SMILES string of the molecule is CCOc1cccc(C2(C(=O)O)CCN(C)CC2)c1. The zero-order chi connectivity index (χ0) is 13.9. The molecular formula is C15H21NO3. The molecule has 1 fully saturated rings. The lowest BCUT2D eigenvalue weighted by Crippen LogP contribution is -2.46. The first-order valence-corrected chi connectivity index (χ1v) is 6.74. The monoisotopic (exact) mass is 263 g/mol. The average molecular weight is 263 g/mol. The van der Waals surface area contributed by atoms with Crippen LogP contribution in [0.4, 0.5) is 0 Å². The Morgan fingerprint density at radius 3 is 2.68 bits per heavy atom. The number of nitrogens with zero attached hydrogens (tertiary/aromatic N) is 1. The van der Waals surface area contributed by atoms with Crippen molar-refractivity contribution in [3.8, 4) is 5.75 Å². The number of carboxylic acid groups (broad SMARTS) is 1. The van der Waals surface area contributed by atoms with Gasteiger partial charge in [-0.3, -0.25) is 4.79 Å². The van der Waals surface area contributed by atoms with Crippen molar-refractivity contribution in [1.82, 2.24) is 4.90 Å². The number of carbonyl (C=O) groups is 1. The highest BCUT2D eigenvalue weighted by Gasteiger charge is 2.42. The van der Waals surface area contributed by atoms with Gasteiger partial charge < -0.3 is 14.7 Å². The summed E-state index contributed by atoms with van der Waals surface area (Å²) in [5, 5.41) is 9.69. The highest BCUT2D eigenvalue weighted by molar-refractivity contribution is 5.81. The van der Waals surface area contributed by atoms with Crippen LogP contribution in [0, 0.1) is 0 Å². The van der Waals surface area contributed by atoms with E-state index in [2.05, 4.69) is 4.90 Å². The Morgan fingerprint density at radius 2 is 2.11 bits per heavy atom. The molecule has 1 heterocycles. The van der Waals surface area contributed by atoms with Crippen molar-refractivity contribution in [2.24, 2.45) is 0 Å². The molecule has 0 aliphatic carbocycles. The van der Waals surface area contributed by atoms with Gasteiger partial charge in [0.1, 0.15) is 5.75 Å². The van der Waals surface area contributed by atoms with Gasteiger partial charge >= 0.3 is 5.97 Å². The summed E-state index contributed by atoms with van der Waals surface area (Å²) in [4.78, 5) is 14.0. The fraction of sp³-hybridized carbons (Fsp3) is 0.533. The third-order valence-corrected chi connectivity index (χ3v) is 3.95. The maximum Gasteiger partial charge on any atom is 0.314 e. The minimum atomic E-state index is -0.764. The lowest BCUT2D eigenvalue weighted by molar-refractivity contribution is -0.145. The standard InChI is InChI=1S/C15H21NO3/c1-3-19-13-6-4-5-12(11-13)15(14(17)18)7-9-16(2)10-8-15/h4-6,11H,3,7-10H2,1-2H3,(H,17,18). The lowest BCUT2D eigenvalue weighted by atomic mass is 9.73. The number of benzene rings is 1. The van der Waals surface area contributed by atoms with Crippen LogP contribution in [0.15, 0.2) is 24.3 Å². The molecule has 4 nitrogen and oxygen atoms in total. The summed E-state index contributed by atoms with van der Waals surface area (Å²) in [5.41, 5.74) is 0.0960. The molecule has 104 valence electrons. The predicted octanol–water partition coefficient (Wildman–Crippen LogP) is 2.13. The Morgan fingerprint density at radius 1 is 1.42 bits per heavy atom. The Balaban J connectivity index is 2.34. The second-order valence-electron chi connectivity index (χ2n) is 5.15. The first kappa shape index (κ1) is 13.9. The second kappa shape index (κ2) is 5.61. The van der Waals surface area contributed by atoms with E-state index in [0.29, 0.717) is 19.4 Å². The molecule has 0 atom stereocenters. The van der Waals surface area contributed by atoms with E-state index in [1.54, 1.807) is 0 Å². The molecule has 1 saturated heterocycles. The number of aliphatic carboxylic acids is 1. The summed E-state index contributed by atoms with van der Waals surface area (Å²) in [6.07, 6.45) is 1.29. The highest BCUT2D eigenvalue weighted by atomic mass is 16.5. The molecule has 0 amide bonds. The molecule has 19 heavy (non-hydrogen) atoms. The van der Waals surface area contributed by atoms with E-state index >= 15 is 0 Å². The Bertz CT molecular complexity index is 450.